The van der Waals surface area contributed by atoms with E-state index in [1.165, 1.54) is 0 Å². The van der Waals surface area contributed by atoms with Crippen LogP contribution in [-0.2, 0) is 4.79 Å². The second kappa shape index (κ2) is 7.84. The lowest BCUT2D eigenvalue weighted by molar-refractivity contribution is -0.118. The summed E-state index contributed by atoms with van der Waals surface area (Å²) >= 11 is 0. The lowest BCUT2D eigenvalue weighted by Crippen LogP contribution is -2.15. The van der Waals surface area contributed by atoms with Gasteiger partial charge in [-0.15, -0.1) is 0 Å². The van der Waals surface area contributed by atoms with Gasteiger partial charge in [-0.2, -0.15) is 9.61 Å². The highest BCUT2D eigenvalue weighted by atomic mass is 16.5. The zero-order valence-corrected chi connectivity index (χ0v) is 17.5. The molecule has 2 aliphatic rings. The number of fused-ring (bicyclic) bond motifs is 1. The number of ether oxygens (including phenoxy) is 1. The van der Waals surface area contributed by atoms with E-state index in [4.69, 9.17) is 4.74 Å². The molecule has 162 valence electrons. The molecule has 1 aliphatic heterocycles. The van der Waals surface area contributed by atoms with E-state index in [1.54, 1.807) is 48.2 Å². The van der Waals surface area contributed by atoms with Crippen LogP contribution in [0.2, 0.25) is 0 Å². The van der Waals surface area contributed by atoms with Gasteiger partial charge in [-0.1, -0.05) is 12.6 Å². The summed E-state index contributed by atoms with van der Waals surface area (Å²) in [5.74, 6) is 1.35. The van der Waals surface area contributed by atoms with E-state index in [1.807, 2.05) is 6.08 Å². The first kappa shape index (κ1) is 19.8. The van der Waals surface area contributed by atoms with E-state index in [-0.39, 0.29) is 18.2 Å². The zero-order chi connectivity index (χ0) is 22.2. The molecule has 1 saturated carbocycles. The number of nitrogens with one attached hydrogen (secondary N) is 3. The molecule has 3 aromatic rings. The molecule has 1 saturated heterocycles. The standard InChI is InChI=1S/C23H22N6O3/c1-13-15(10-21(30)25-13)8-16-12-24-29-20(26-17-6-7-17)11-19(27-22(16)29)28-23(31)14-4-3-5-18(9-14)32-2/h3-5,8-9,11-12,17,26H,1,6-7,10H2,2H3,(H,25,30)(H,27,28,31)/b15-8+. The average Bonchev–Trinajstić information content (AvgIpc) is 3.42. The van der Waals surface area contributed by atoms with Crippen molar-refractivity contribution in [1.82, 2.24) is 19.9 Å². The third-order valence-corrected chi connectivity index (χ3v) is 5.36. The fraction of sp³-hybridized carbons (Fsp3) is 0.217. The molecule has 1 aromatic carbocycles. The van der Waals surface area contributed by atoms with Gasteiger partial charge in [0.05, 0.1) is 19.7 Å². The molecule has 3 heterocycles. The van der Waals surface area contributed by atoms with Crippen LogP contribution in [0.15, 0.2) is 54.4 Å². The first-order valence-corrected chi connectivity index (χ1v) is 10.3. The number of anilines is 2. The molecule has 5 rings (SSSR count). The first-order chi connectivity index (χ1) is 15.5. The van der Waals surface area contributed by atoms with Gasteiger partial charge in [0.1, 0.15) is 17.4 Å². The predicted octanol–water partition coefficient (Wildman–Crippen LogP) is 2.98. The van der Waals surface area contributed by atoms with E-state index < -0.39 is 0 Å². The Kier molecular flexibility index (Phi) is 4.85. The van der Waals surface area contributed by atoms with Crippen LogP contribution in [0.5, 0.6) is 5.75 Å². The van der Waals surface area contributed by atoms with Crippen molar-refractivity contribution in [3.05, 3.63) is 65.5 Å². The number of benzene rings is 1. The SMILES string of the molecule is C=C1NC(=O)C/C1=C\c1cnn2c(NC3CC3)cc(NC(=O)c3cccc(OC)c3)nc12. The van der Waals surface area contributed by atoms with Gasteiger partial charge in [-0.05, 0) is 42.7 Å². The molecule has 0 atom stereocenters. The lowest BCUT2D eigenvalue weighted by Gasteiger charge is -2.11. The third-order valence-electron chi connectivity index (χ3n) is 5.36. The minimum Gasteiger partial charge on any atom is -0.497 e. The van der Waals surface area contributed by atoms with Crippen molar-refractivity contribution < 1.29 is 14.3 Å². The molecule has 32 heavy (non-hydrogen) atoms. The molecule has 2 fully saturated rings. The van der Waals surface area contributed by atoms with E-state index >= 15 is 0 Å². The molecule has 2 amide bonds. The van der Waals surface area contributed by atoms with Gasteiger partial charge in [-0.25, -0.2) is 4.98 Å². The van der Waals surface area contributed by atoms with Gasteiger partial charge in [0.15, 0.2) is 5.65 Å². The molecule has 0 bridgehead atoms. The average molecular weight is 430 g/mol. The zero-order valence-electron chi connectivity index (χ0n) is 17.5. The second-order valence-electron chi connectivity index (χ2n) is 7.84. The molecule has 9 heteroatoms. The van der Waals surface area contributed by atoms with Crippen LogP contribution < -0.4 is 20.7 Å². The number of hydrogen-bond acceptors (Lipinski definition) is 6. The van der Waals surface area contributed by atoms with Crippen molar-refractivity contribution in [3.8, 4) is 5.75 Å². The van der Waals surface area contributed by atoms with Crippen molar-refractivity contribution in [1.29, 1.82) is 0 Å². The Morgan fingerprint density at radius 2 is 2.19 bits per heavy atom. The summed E-state index contributed by atoms with van der Waals surface area (Å²) in [6.45, 7) is 3.89. The quantitative estimate of drug-likeness (QED) is 0.555. The Bertz CT molecular complexity index is 1290. The highest BCUT2D eigenvalue weighted by Crippen LogP contribution is 2.29. The summed E-state index contributed by atoms with van der Waals surface area (Å²) in [6.07, 6.45) is 5.97. The Balaban J connectivity index is 1.52. The monoisotopic (exact) mass is 430 g/mol. The lowest BCUT2D eigenvalue weighted by atomic mass is 10.1. The molecule has 9 nitrogen and oxygen atoms in total. The maximum atomic E-state index is 12.8. The highest BCUT2D eigenvalue weighted by molar-refractivity contribution is 6.04. The number of rotatable bonds is 6. The fourth-order valence-electron chi connectivity index (χ4n) is 3.54. The number of amides is 2. The minimum atomic E-state index is -0.295. The van der Waals surface area contributed by atoms with E-state index in [0.717, 1.165) is 29.8 Å². The smallest absolute Gasteiger partial charge is 0.256 e. The van der Waals surface area contributed by atoms with Gasteiger partial charge < -0.3 is 20.7 Å². The van der Waals surface area contributed by atoms with Crippen LogP contribution in [0.4, 0.5) is 11.6 Å². The molecule has 0 spiro atoms. The molecule has 3 N–H and O–H groups in total. The summed E-state index contributed by atoms with van der Waals surface area (Å²) in [4.78, 5) is 29.1. The van der Waals surface area contributed by atoms with Crippen molar-refractivity contribution in [2.45, 2.75) is 25.3 Å². The first-order valence-electron chi connectivity index (χ1n) is 10.3. The fourth-order valence-corrected chi connectivity index (χ4v) is 3.54. The van der Waals surface area contributed by atoms with E-state index in [9.17, 15) is 9.59 Å². The maximum Gasteiger partial charge on any atom is 0.256 e. The number of allylic oxidation sites excluding steroid dienone is 1. The van der Waals surface area contributed by atoms with Gasteiger partial charge in [0.25, 0.3) is 5.91 Å². The number of carbonyl (C=O) groups is 2. The number of hydrogen-bond donors (Lipinski definition) is 3. The molecule has 1 aliphatic carbocycles. The van der Waals surface area contributed by atoms with Crippen LogP contribution in [0, 0.1) is 0 Å². The summed E-state index contributed by atoms with van der Waals surface area (Å²) < 4.78 is 6.91. The number of nitrogens with zero attached hydrogens (tertiary/aromatic N) is 3. The predicted molar refractivity (Wildman–Crippen MR) is 120 cm³/mol. The Hall–Kier alpha value is -4.14. The minimum absolute atomic E-state index is 0.0898. The molecular formula is C23H22N6O3. The number of carbonyl (C=O) groups excluding carboxylic acids is 2. The Morgan fingerprint density at radius 3 is 2.91 bits per heavy atom. The summed E-state index contributed by atoms with van der Waals surface area (Å²) in [5, 5.41) is 13.5. The van der Waals surface area contributed by atoms with E-state index in [0.29, 0.717) is 34.5 Å². The molecule has 0 radical (unpaired) electrons. The largest absolute Gasteiger partial charge is 0.497 e. The molecular weight excluding hydrogens is 408 g/mol. The topological polar surface area (TPSA) is 110 Å². The highest BCUT2D eigenvalue weighted by Gasteiger charge is 2.24. The number of methoxy groups -OCH3 is 1. The summed E-state index contributed by atoms with van der Waals surface area (Å²) in [6, 6.07) is 9.07. The Labute approximate surface area is 184 Å². The summed E-state index contributed by atoms with van der Waals surface area (Å²) in [5.41, 5.74) is 3.12. The normalized spacial score (nSPS) is 17.0. The molecule has 2 aromatic heterocycles. The Morgan fingerprint density at radius 1 is 1.34 bits per heavy atom. The van der Waals surface area contributed by atoms with Crippen LogP contribution in [0.25, 0.3) is 11.7 Å². The van der Waals surface area contributed by atoms with Crippen molar-refractivity contribution in [2.75, 3.05) is 17.7 Å². The van der Waals surface area contributed by atoms with Crippen LogP contribution in [-0.4, -0.2) is 39.6 Å². The van der Waals surface area contributed by atoms with Crippen molar-refractivity contribution in [2.24, 2.45) is 0 Å². The van der Waals surface area contributed by atoms with E-state index in [2.05, 4.69) is 32.6 Å². The van der Waals surface area contributed by atoms with Crippen molar-refractivity contribution in [3.63, 3.8) is 0 Å². The van der Waals surface area contributed by atoms with Gasteiger partial charge in [-0.3, -0.25) is 9.59 Å². The van der Waals surface area contributed by atoms with Crippen LogP contribution in [0.1, 0.15) is 35.2 Å². The summed E-state index contributed by atoms with van der Waals surface area (Å²) in [7, 11) is 1.56. The maximum absolute atomic E-state index is 12.8. The van der Waals surface area contributed by atoms with Crippen molar-refractivity contribution >= 4 is 35.2 Å². The van der Waals surface area contributed by atoms with Crippen LogP contribution in [0.3, 0.4) is 0 Å². The third kappa shape index (κ3) is 3.92. The second-order valence-corrected chi connectivity index (χ2v) is 7.84. The van der Waals surface area contributed by atoms with Gasteiger partial charge >= 0.3 is 0 Å². The molecule has 0 unspecified atom stereocenters. The van der Waals surface area contributed by atoms with Gasteiger partial charge in [0.2, 0.25) is 5.91 Å². The number of aromatic nitrogens is 3. The van der Waals surface area contributed by atoms with Gasteiger partial charge in [0, 0.05) is 28.9 Å². The van der Waals surface area contributed by atoms with Crippen LogP contribution >= 0.6 is 0 Å².